The van der Waals surface area contributed by atoms with Gasteiger partial charge in [0.2, 0.25) is 0 Å². The Morgan fingerprint density at radius 1 is 1.00 bits per heavy atom. The molecule has 1 saturated carbocycles. The summed E-state index contributed by atoms with van der Waals surface area (Å²) in [5.74, 6) is 1.09. The van der Waals surface area contributed by atoms with Crippen molar-refractivity contribution in [2.24, 2.45) is 5.92 Å². The molecule has 0 radical (unpaired) electrons. The number of ketones is 1. The van der Waals surface area contributed by atoms with Crippen LogP contribution in [0.3, 0.4) is 0 Å². The van der Waals surface area contributed by atoms with E-state index in [0.29, 0.717) is 16.6 Å². The highest BCUT2D eigenvalue weighted by Gasteiger charge is 2.32. The largest absolute Gasteiger partial charge is 0.366 e. The fraction of sp³-hybridized carbons (Fsp3) is 0.300. The number of carbonyl (C=O) groups is 1. The minimum Gasteiger partial charge on any atom is -0.366 e. The van der Waals surface area contributed by atoms with Gasteiger partial charge in [0.25, 0.3) is 0 Å². The van der Waals surface area contributed by atoms with Crippen LogP contribution < -0.4 is 16.0 Å². The third-order valence-electron chi connectivity index (χ3n) is 7.14. The molecule has 2 fully saturated rings. The van der Waals surface area contributed by atoms with Crippen molar-refractivity contribution in [3.8, 4) is 11.1 Å². The number of aryl methyl sites for hydroxylation is 1. The molecule has 0 amide bonds. The fourth-order valence-electron chi connectivity index (χ4n) is 5.04. The summed E-state index contributed by atoms with van der Waals surface area (Å²) in [5, 5.41) is 12.1. The second kappa shape index (κ2) is 10.1. The second-order valence-electron chi connectivity index (χ2n) is 10.2. The molecule has 2 aromatic heterocycles. The normalized spacial score (nSPS) is 17.5. The molecule has 7 heteroatoms. The summed E-state index contributed by atoms with van der Waals surface area (Å²) in [6.07, 6.45) is 7.72. The molecule has 1 aliphatic carbocycles. The van der Waals surface area contributed by atoms with Crippen molar-refractivity contribution >= 4 is 45.5 Å². The first-order valence-electron chi connectivity index (χ1n) is 13.0. The van der Waals surface area contributed by atoms with Crippen molar-refractivity contribution in [2.45, 2.75) is 38.6 Å². The zero-order chi connectivity index (χ0) is 25.4. The van der Waals surface area contributed by atoms with E-state index in [9.17, 15) is 4.79 Å². The fourth-order valence-corrected chi connectivity index (χ4v) is 5.33. The molecule has 37 heavy (non-hydrogen) atoms. The number of nitrogens with zero attached hydrogens (tertiary/aromatic N) is 2. The zero-order valence-electron chi connectivity index (χ0n) is 20.9. The van der Waals surface area contributed by atoms with E-state index in [-0.39, 0.29) is 11.7 Å². The Labute approximate surface area is 221 Å². The molecule has 6 nitrogen and oxygen atoms in total. The quantitative estimate of drug-likeness (QED) is 0.238. The standard InChI is InChI=1S/C30H30ClN5O/c1-18-11-21(13-22(31)12-18)20-6-8-27-25(14-20)29(26(17-33-27)30(37)19-4-5-19)36-24-7-9-28(34-16-24)35-23-3-2-10-32-15-23/h6-9,11-14,16-17,19,23,32H,2-5,10,15H2,1H3,(H,33,36)(H,34,35). The lowest BCUT2D eigenvalue weighted by atomic mass is 9.98. The number of hydrogen-bond acceptors (Lipinski definition) is 6. The summed E-state index contributed by atoms with van der Waals surface area (Å²) in [5.41, 5.74) is 6.22. The van der Waals surface area contributed by atoms with Gasteiger partial charge in [0.15, 0.2) is 5.78 Å². The number of piperidine rings is 1. The Kier molecular flexibility index (Phi) is 6.53. The predicted octanol–water partition coefficient (Wildman–Crippen LogP) is 6.76. The van der Waals surface area contributed by atoms with Gasteiger partial charge in [-0.1, -0.05) is 23.7 Å². The number of halogens is 1. The minimum absolute atomic E-state index is 0.0902. The molecule has 1 aliphatic heterocycles. The summed E-state index contributed by atoms with van der Waals surface area (Å²) in [6, 6.07) is 16.6. The molecule has 0 spiro atoms. The van der Waals surface area contributed by atoms with Gasteiger partial charge in [-0.2, -0.15) is 0 Å². The summed E-state index contributed by atoms with van der Waals surface area (Å²) in [7, 11) is 0. The van der Waals surface area contributed by atoms with E-state index in [1.807, 2.05) is 43.5 Å². The van der Waals surface area contributed by atoms with Gasteiger partial charge in [-0.15, -0.1) is 0 Å². The molecule has 188 valence electrons. The SMILES string of the molecule is Cc1cc(Cl)cc(-c2ccc3ncc(C(=O)C4CC4)c(Nc4ccc(NC5CCCNC5)nc4)c3c2)c1. The highest BCUT2D eigenvalue weighted by atomic mass is 35.5. The molecule has 6 rings (SSSR count). The van der Waals surface area contributed by atoms with Crippen molar-refractivity contribution < 1.29 is 4.79 Å². The second-order valence-corrected chi connectivity index (χ2v) is 10.6. The average Bonchev–Trinajstić information content (AvgIpc) is 3.75. The lowest BCUT2D eigenvalue weighted by Crippen LogP contribution is -2.38. The number of anilines is 3. The number of carbonyl (C=O) groups excluding carboxylic acids is 1. The summed E-state index contributed by atoms with van der Waals surface area (Å²) >= 11 is 6.35. The Morgan fingerprint density at radius 3 is 2.62 bits per heavy atom. The molecule has 0 bridgehead atoms. The van der Waals surface area contributed by atoms with Gasteiger partial charge in [-0.25, -0.2) is 4.98 Å². The molecule has 2 aliphatic rings. The number of Topliss-reactive ketones (excluding diaryl/α,β-unsaturated/α-hetero) is 1. The van der Waals surface area contributed by atoms with Crippen LogP contribution in [0.4, 0.5) is 17.2 Å². The molecule has 1 saturated heterocycles. The van der Waals surface area contributed by atoms with E-state index in [4.69, 9.17) is 11.6 Å². The Bertz CT molecular complexity index is 1440. The van der Waals surface area contributed by atoms with Crippen molar-refractivity contribution in [1.82, 2.24) is 15.3 Å². The minimum atomic E-state index is 0.0902. The van der Waals surface area contributed by atoms with Crippen LogP contribution >= 0.6 is 11.6 Å². The van der Waals surface area contributed by atoms with Crippen molar-refractivity contribution in [3.63, 3.8) is 0 Å². The molecular formula is C30H30ClN5O. The molecule has 1 unspecified atom stereocenters. The van der Waals surface area contributed by atoms with Gasteiger partial charge in [0.1, 0.15) is 5.82 Å². The number of rotatable bonds is 7. The summed E-state index contributed by atoms with van der Waals surface area (Å²) in [4.78, 5) is 22.5. The van der Waals surface area contributed by atoms with Crippen LogP contribution in [0, 0.1) is 12.8 Å². The number of fused-ring (bicyclic) bond motifs is 1. The lowest BCUT2D eigenvalue weighted by Gasteiger charge is -2.24. The lowest BCUT2D eigenvalue weighted by molar-refractivity contribution is 0.0968. The van der Waals surface area contributed by atoms with E-state index in [2.05, 4.69) is 44.1 Å². The Morgan fingerprint density at radius 2 is 1.89 bits per heavy atom. The number of benzene rings is 2. The first-order chi connectivity index (χ1) is 18.0. The predicted molar refractivity (Wildman–Crippen MR) is 151 cm³/mol. The van der Waals surface area contributed by atoms with E-state index in [1.54, 1.807) is 6.20 Å². The number of nitrogens with one attached hydrogen (secondary N) is 3. The van der Waals surface area contributed by atoms with Gasteiger partial charge in [-0.3, -0.25) is 9.78 Å². The Hall–Kier alpha value is -3.48. The monoisotopic (exact) mass is 511 g/mol. The Balaban J connectivity index is 1.37. The van der Waals surface area contributed by atoms with Gasteiger partial charge >= 0.3 is 0 Å². The highest BCUT2D eigenvalue weighted by molar-refractivity contribution is 6.31. The summed E-state index contributed by atoms with van der Waals surface area (Å²) in [6.45, 7) is 4.06. The van der Waals surface area contributed by atoms with Crippen LogP contribution in [0.1, 0.15) is 41.6 Å². The van der Waals surface area contributed by atoms with Crippen molar-refractivity contribution in [2.75, 3.05) is 23.7 Å². The number of pyridine rings is 2. The van der Waals surface area contributed by atoms with Gasteiger partial charge < -0.3 is 16.0 Å². The molecular weight excluding hydrogens is 482 g/mol. The zero-order valence-corrected chi connectivity index (χ0v) is 21.6. The smallest absolute Gasteiger partial charge is 0.169 e. The van der Waals surface area contributed by atoms with Crippen LogP contribution in [0.5, 0.6) is 0 Å². The topological polar surface area (TPSA) is 78.9 Å². The van der Waals surface area contributed by atoms with Gasteiger partial charge in [0, 0.05) is 35.1 Å². The molecule has 1 atom stereocenters. The van der Waals surface area contributed by atoms with Crippen LogP contribution in [-0.4, -0.2) is 34.9 Å². The molecule has 3 heterocycles. The van der Waals surface area contributed by atoms with E-state index >= 15 is 0 Å². The van der Waals surface area contributed by atoms with Crippen LogP contribution in [0.15, 0.2) is 60.9 Å². The highest BCUT2D eigenvalue weighted by Crippen LogP contribution is 2.39. The van der Waals surface area contributed by atoms with Crippen LogP contribution in [0.25, 0.3) is 22.0 Å². The third kappa shape index (κ3) is 5.31. The maximum Gasteiger partial charge on any atom is 0.169 e. The van der Waals surface area contributed by atoms with Crippen molar-refractivity contribution in [1.29, 1.82) is 0 Å². The van der Waals surface area contributed by atoms with E-state index < -0.39 is 0 Å². The summed E-state index contributed by atoms with van der Waals surface area (Å²) < 4.78 is 0. The van der Waals surface area contributed by atoms with Crippen LogP contribution in [-0.2, 0) is 0 Å². The van der Waals surface area contributed by atoms with E-state index in [0.717, 1.165) is 77.1 Å². The van der Waals surface area contributed by atoms with Crippen molar-refractivity contribution in [3.05, 3.63) is 77.1 Å². The first-order valence-corrected chi connectivity index (χ1v) is 13.4. The number of aromatic nitrogens is 2. The van der Waals surface area contributed by atoms with Gasteiger partial charge in [-0.05, 0) is 92.2 Å². The van der Waals surface area contributed by atoms with E-state index in [1.165, 1.54) is 6.42 Å². The van der Waals surface area contributed by atoms with Gasteiger partial charge in [0.05, 0.1) is 28.7 Å². The maximum absolute atomic E-state index is 13.3. The molecule has 2 aromatic carbocycles. The first kappa shape index (κ1) is 23.9. The molecule has 3 N–H and O–H groups in total. The third-order valence-corrected chi connectivity index (χ3v) is 7.36. The average molecular weight is 512 g/mol. The molecule has 4 aromatic rings. The number of hydrogen-bond donors (Lipinski definition) is 3. The van der Waals surface area contributed by atoms with Crippen LogP contribution in [0.2, 0.25) is 5.02 Å². The maximum atomic E-state index is 13.3.